The first kappa shape index (κ1) is 18.0. The number of nitrogens with zero attached hydrogens (tertiary/aromatic N) is 2. The Morgan fingerprint density at radius 1 is 1.00 bits per heavy atom. The first-order valence-corrected chi connectivity index (χ1v) is 9.97. The van der Waals surface area contributed by atoms with E-state index in [1.54, 1.807) is 22.8 Å². The highest BCUT2D eigenvalue weighted by Crippen LogP contribution is 2.30. The van der Waals surface area contributed by atoms with Gasteiger partial charge in [0, 0.05) is 31.9 Å². The number of anilines is 1. The van der Waals surface area contributed by atoms with Gasteiger partial charge in [-0.25, -0.2) is 8.78 Å². The minimum atomic E-state index is -0.514. The van der Waals surface area contributed by atoms with Crippen molar-refractivity contribution in [3.05, 3.63) is 68.6 Å². The third kappa shape index (κ3) is 2.85. The van der Waals surface area contributed by atoms with Crippen LogP contribution in [0.15, 0.2) is 46.0 Å². The second-order valence-corrected chi connectivity index (χ2v) is 7.71. The smallest absolute Gasteiger partial charge is 0.271 e. The summed E-state index contributed by atoms with van der Waals surface area (Å²) >= 11 is 1.03. The lowest BCUT2D eigenvalue weighted by Crippen LogP contribution is -2.43. The van der Waals surface area contributed by atoms with Crippen LogP contribution in [0.25, 0.3) is 26.8 Å². The van der Waals surface area contributed by atoms with Gasteiger partial charge in [-0.1, -0.05) is 0 Å². The van der Waals surface area contributed by atoms with Crippen molar-refractivity contribution in [3.8, 4) is 5.69 Å². The van der Waals surface area contributed by atoms with E-state index in [1.807, 2.05) is 4.90 Å². The van der Waals surface area contributed by atoms with Gasteiger partial charge < -0.3 is 10.2 Å². The molecule has 0 unspecified atom stereocenters. The Morgan fingerprint density at radius 2 is 1.72 bits per heavy atom. The molecule has 4 aromatic rings. The molecule has 0 radical (unpaired) electrons. The summed E-state index contributed by atoms with van der Waals surface area (Å²) in [5.41, 5.74) is 0.422. The summed E-state index contributed by atoms with van der Waals surface area (Å²) in [6.45, 7) is 2.76. The summed E-state index contributed by atoms with van der Waals surface area (Å²) in [5.74, 6) is -0.904. The first-order chi connectivity index (χ1) is 14.0. The maximum absolute atomic E-state index is 15.0. The number of pyridine rings is 1. The summed E-state index contributed by atoms with van der Waals surface area (Å²) in [6.07, 6.45) is 0. The fourth-order valence-electron chi connectivity index (χ4n) is 3.81. The van der Waals surface area contributed by atoms with E-state index in [9.17, 15) is 18.4 Å². The second kappa shape index (κ2) is 6.78. The van der Waals surface area contributed by atoms with Gasteiger partial charge in [-0.3, -0.25) is 18.5 Å². The van der Waals surface area contributed by atoms with Crippen LogP contribution in [0.2, 0.25) is 0 Å². The maximum Gasteiger partial charge on any atom is 0.271 e. The molecule has 3 heterocycles. The largest absolute Gasteiger partial charge is 0.367 e. The van der Waals surface area contributed by atoms with E-state index < -0.39 is 22.6 Å². The second-order valence-electron chi connectivity index (χ2n) is 6.91. The fourth-order valence-corrected chi connectivity index (χ4v) is 4.68. The number of nitrogens with one attached hydrogen (secondary N) is 2. The van der Waals surface area contributed by atoms with Crippen molar-refractivity contribution in [2.24, 2.45) is 0 Å². The molecule has 5 rings (SSSR count). The van der Waals surface area contributed by atoms with Crippen LogP contribution >= 0.6 is 11.5 Å². The van der Waals surface area contributed by atoms with Gasteiger partial charge in [-0.2, -0.15) is 0 Å². The van der Waals surface area contributed by atoms with Gasteiger partial charge in [0.2, 0.25) is 5.43 Å². The molecule has 29 heavy (non-hydrogen) atoms. The van der Waals surface area contributed by atoms with E-state index in [1.165, 1.54) is 18.2 Å². The Morgan fingerprint density at radius 3 is 2.45 bits per heavy atom. The maximum atomic E-state index is 15.0. The molecule has 1 saturated heterocycles. The molecule has 0 saturated carbocycles. The van der Waals surface area contributed by atoms with Gasteiger partial charge in [0.25, 0.3) is 5.56 Å². The molecule has 1 fully saturated rings. The topological polar surface area (TPSA) is 70.1 Å². The quantitative estimate of drug-likeness (QED) is 0.529. The van der Waals surface area contributed by atoms with Crippen molar-refractivity contribution in [2.75, 3.05) is 31.1 Å². The number of aromatic amines is 1. The van der Waals surface area contributed by atoms with Gasteiger partial charge >= 0.3 is 0 Å². The highest BCUT2D eigenvalue weighted by atomic mass is 32.1. The van der Waals surface area contributed by atoms with Crippen molar-refractivity contribution in [1.29, 1.82) is 0 Å². The van der Waals surface area contributed by atoms with E-state index in [-0.39, 0.29) is 10.8 Å². The minimum Gasteiger partial charge on any atom is -0.367 e. The molecule has 6 nitrogen and oxygen atoms in total. The number of halogens is 2. The van der Waals surface area contributed by atoms with Crippen molar-refractivity contribution in [3.63, 3.8) is 0 Å². The van der Waals surface area contributed by atoms with Crippen LogP contribution in [0.4, 0.5) is 14.5 Å². The van der Waals surface area contributed by atoms with Crippen LogP contribution < -0.4 is 21.2 Å². The molecule has 1 aliphatic rings. The summed E-state index contributed by atoms with van der Waals surface area (Å²) in [5, 5.41) is 3.31. The van der Waals surface area contributed by atoms with Crippen LogP contribution in [0.1, 0.15) is 0 Å². The molecule has 148 valence electrons. The van der Waals surface area contributed by atoms with Crippen molar-refractivity contribution in [1.82, 2.24) is 14.3 Å². The van der Waals surface area contributed by atoms with Crippen molar-refractivity contribution in [2.45, 2.75) is 0 Å². The third-order valence-electron chi connectivity index (χ3n) is 5.20. The van der Waals surface area contributed by atoms with E-state index in [2.05, 4.69) is 9.69 Å². The molecule has 2 aromatic carbocycles. The molecule has 0 amide bonds. The molecule has 1 aliphatic heterocycles. The molecule has 2 aromatic heterocycles. The standard InChI is InChI=1S/C20H16F2N4O2S/c21-11-1-3-12(4-2-11)26-15-10-16(25-7-5-23-6-8-25)14(22)9-13(15)18(27)17-19(28)24-29-20(17)26/h1-4,9-10,23H,5-8H2,(H,24,28). The Labute approximate surface area is 167 Å². The number of fused-ring (bicyclic) bond motifs is 2. The van der Waals surface area contributed by atoms with E-state index >= 15 is 0 Å². The van der Waals surface area contributed by atoms with Crippen LogP contribution in [-0.4, -0.2) is 35.1 Å². The molecule has 0 bridgehead atoms. The molecule has 9 heteroatoms. The highest BCUT2D eigenvalue weighted by molar-refractivity contribution is 7.12. The first-order valence-electron chi connectivity index (χ1n) is 9.15. The summed E-state index contributed by atoms with van der Waals surface area (Å²) in [7, 11) is 0. The van der Waals surface area contributed by atoms with Crippen LogP contribution in [0, 0.1) is 11.6 Å². The minimum absolute atomic E-state index is 0.0267. The van der Waals surface area contributed by atoms with Crippen LogP contribution in [0.3, 0.4) is 0 Å². The molecular formula is C20H16F2N4O2S. The molecule has 0 atom stereocenters. The number of H-pyrrole nitrogens is 1. The number of piperazine rings is 1. The third-order valence-corrected chi connectivity index (χ3v) is 6.07. The Hall–Kier alpha value is -3.04. The lowest BCUT2D eigenvalue weighted by atomic mass is 10.1. The number of hydrogen-bond donors (Lipinski definition) is 2. The van der Waals surface area contributed by atoms with Crippen LogP contribution in [0.5, 0.6) is 0 Å². The summed E-state index contributed by atoms with van der Waals surface area (Å²) in [6, 6.07) is 8.59. The van der Waals surface area contributed by atoms with E-state index in [0.717, 1.165) is 24.6 Å². The Balaban J connectivity index is 1.90. The molecule has 2 N–H and O–H groups in total. The average molecular weight is 414 g/mol. The highest BCUT2D eigenvalue weighted by Gasteiger charge is 2.21. The summed E-state index contributed by atoms with van der Waals surface area (Å²) in [4.78, 5) is 27.6. The molecule has 0 aliphatic carbocycles. The lowest BCUT2D eigenvalue weighted by Gasteiger charge is -2.30. The lowest BCUT2D eigenvalue weighted by molar-refractivity contribution is 0.567. The van der Waals surface area contributed by atoms with Gasteiger partial charge in [-0.05, 0) is 47.9 Å². The Kier molecular flexibility index (Phi) is 4.21. The monoisotopic (exact) mass is 414 g/mol. The Bertz CT molecular complexity index is 1350. The number of benzene rings is 2. The fraction of sp³-hybridized carbons (Fsp3) is 0.200. The van der Waals surface area contributed by atoms with E-state index in [0.29, 0.717) is 34.8 Å². The number of rotatable bonds is 2. The molecule has 0 spiro atoms. The van der Waals surface area contributed by atoms with Gasteiger partial charge in [-0.15, -0.1) is 0 Å². The average Bonchev–Trinajstić information content (AvgIpc) is 3.12. The predicted octanol–water partition coefficient (Wildman–Crippen LogP) is 2.58. The van der Waals surface area contributed by atoms with Crippen LogP contribution in [-0.2, 0) is 0 Å². The van der Waals surface area contributed by atoms with Gasteiger partial charge in [0.05, 0.1) is 16.6 Å². The van der Waals surface area contributed by atoms with E-state index in [4.69, 9.17) is 0 Å². The normalized spacial score (nSPS) is 14.8. The summed E-state index contributed by atoms with van der Waals surface area (Å²) < 4.78 is 32.7. The van der Waals surface area contributed by atoms with Crippen molar-refractivity contribution < 1.29 is 8.78 Å². The predicted molar refractivity (Wildman–Crippen MR) is 111 cm³/mol. The zero-order valence-electron chi connectivity index (χ0n) is 15.2. The zero-order chi connectivity index (χ0) is 20.1. The molecular weight excluding hydrogens is 398 g/mol. The zero-order valence-corrected chi connectivity index (χ0v) is 16.0. The SMILES string of the molecule is O=c1[nH]sc2c1c(=O)c1cc(F)c(N3CCNCC3)cc1n2-c1ccc(F)cc1. The van der Waals surface area contributed by atoms with Gasteiger partial charge in [0.15, 0.2) is 0 Å². The number of hydrogen-bond acceptors (Lipinski definition) is 5. The number of aromatic nitrogens is 2. The van der Waals surface area contributed by atoms with Gasteiger partial charge in [0.1, 0.15) is 21.9 Å². The van der Waals surface area contributed by atoms with Crippen molar-refractivity contribution >= 4 is 38.3 Å².